The van der Waals surface area contributed by atoms with Crippen LogP contribution in [0.25, 0.3) is 10.9 Å². The Hall–Kier alpha value is -2.57. The minimum absolute atomic E-state index is 0.247. The summed E-state index contributed by atoms with van der Waals surface area (Å²) in [6.45, 7) is 6.82. The molecule has 0 radical (unpaired) electrons. The summed E-state index contributed by atoms with van der Waals surface area (Å²) >= 11 is 0. The summed E-state index contributed by atoms with van der Waals surface area (Å²) in [7, 11) is 2.17. The lowest BCUT2D eigenvalue weighted by molar-refractivity contribution is 0.212. The van der Waals surface area contributed by atoms with Crippen LogP contribution in [0, 0.1) is 5.82 Å². The number of aromatic nitrogens is 2. The first kappa shape index (κ1) is 18.8. The van der Waals surface area contributed by atoms with Crippen LogP contribution in [-0.2, 0) is 6.54 Å². The smallest absolute Gasteiger partial charge is 0.140 e. The van der Waals surface area contributed by atoms with Crippen LogP contribution in [0.15, 0.2) is 54.9 Å². The molecule has 0 atom stereocenters. The lowest BCUT2D eigenvalue weighted by atomic mass is 10.2. The van der Waals surface area contributed by atoms with E-state index in [0.717, 1.165) is 62.5 Å². The number of hydrogen-bond donors (Lipinski definition) is 0. The molecule has 1 aromatic heterocycles. The Labute approximate surface area is 165 Å². The molecule has 3 aromatic rings. The predicted octanol–water partition coefficient (Wildman–Crippen LogP) is 3.02. The lowest BCUT2D eigenvalue weighted by Crippen LogP contribution is -2.48. The predicted molar refractivity (Wildman–Crippen MR) is 111 cm³/mol. The van der Waals surface area contributed by atoms with Crippen molar-refractivity contribution in [3.8, 4) is 0 Å². The number of rotatable bonds is 6. The Kier molecular flexibility index (Phi) is 5.78. The normalized spacial score (nSPS) is 15.5. The number of hydrogen-bond acceptors (Lipinski definition) is 5. The number of nitrogens with zero attached hydrogens (tertiary/aromatic N) is 5. The Morgan fingerprint density at radius 2 is 1.79 bits per heavy atom. The highest BCUT2D eigenvalue weighted by atomic mass is 19.1. The van der Waals surface area contributed by atoms with Crippen LogP contribution in [0.5, 0.6) is 0 Å². The minimum atomic E-state index is -0.247. The fourth-order valence-corrected chi connectivity index (χ4v) is 3.74. The first-order valence-corrected chi connectivity index (χ1v) is 9.79. The summed E-state index contributed by atoms with van der Waals surface area (Å²) in [6, 6.07) is 15.3. The van der Waals surface area contributed by atoms with E-state index in [1.54, 1.807) is 12.4 Å². The molecule has 2 heterocycles. The number of halogens is 1. The van der Waals surface area contributed by atoms with Gasteiger partial charge in [-0.15, -0.1) is 0 Å². The molecule has 28 heavy (non-hydrogen) atoms. The average Bonchev–Trinajstić information content (AvgIpc) is 2.73. The molecule has 1 saturated heterocycles. The zero-order valence-electron chi connectivity index (χ0n) is 16.3. The van der Waals surface area contributed by atoms with Crippen LogP contribution in [-0.4, -0.2) is 66.1 Å². The molecule has 6 heteroatoms. The first-order valence-electron chi connectivity index (χ1n) is 9.79. The van der Waals surface area contributed by atoms with Gasteiger partial charge in [-0.2, -0.15) is 0 Å². The van der Waals surface area contributed by atoms with E-state index in [1.165, 1.54) is 17.7 Å². The van der Waals surface area contributed by atoms with E-state index in [-0.39, 0.29) is 5.82 Å². The van der Waals surface area contributed by atoms with Crippen molar-refractivity contribution in [3.05, 3.63) is 66.2 Å². The minimum Gasteiger partial charge on any atom is -0.353 e. The maximum Gasteiger partial charge on any atom is 0.140 e. The van der Waals surface area contributed by atoms with Crippen molar-refractivity contribution in [2.75, 3.05) is 51.2 Å². The van der Waals surface area contributed by atoms with E-state index < -0.39 is 0 Å². The average molecular weight is 379 g/mol. The second-order valence-electron chi connectivity index (χ2n) is 7.41. The summed E-state index contributed by atoms with van der Waals surface area (Å²) in [6.07, 6.45) is 1.57. The first-order chi connectivity index (χ1) is 13.7. The van der Waals surface area contributed by atoms with Crippen molar-refractivity contribution in [1.29, 1.82) is 0 Å². The second kappa shape index (κ2) is 8.63. The molecule has 0 amide bonds. The highest BCUT2D eigenvalue weighted by Gasteiger charge is 2.20. The fraction of sp³-hybridized carbons (Fsp3) is 0.364. The molecule has 0 unspecified atom stereocenters. The third kappa shape index (κ3) is 4.46. The third-order valence-electron chi connectivity index (χ3n) is 5.34. The molecule has 1 fully saturated rings. The zero-order chi connectivity index (χ0) is 19.3. The lowest BCUT2D eigenvalue weighted by Gasteiger charge is -2.36. The summed E-state index contributed by atoms with van der Waals surface area (Å²) in [5.41, 5.74) is 2.13. The zero-order valence-corrected chi connectivity index (χ0v) is 16.3. The Balaban J connectivity index is 1.31. The van der Waals surface area contributed by atoms with E-state index in [9.17, 15) is 4.39 Å². The van der Waals surface area contributed by atoms with Crippen LogP contribution in [0.1, 0.15) is 5.56 Å². The summed E-state index contributed by atoms with van der Waals surface area (Å²) in [4.78, 5) is 15.8. The number of piperazine rings is 1. The number of anilines is 1. The molecule has 0 N–H and O–H groups in total. The summed E-state index contributed by atoms with van der Waals surface area (Å²) < 4.78 is 13.7. The molecule has 2 aromatic carbocycles. The van der Waals surface area contributed by atoms with Crippen LogP contribution < -0.4 is 4.90 Å². The van der Waals surface area contributed by atoms with Gasteiger partial charge in [0.15, 0.2) is 0 Å². The van der Waals surface area contributed by atoms with E-state index in [2.05, 4.69) is 62.0 Å². The molecule has 0 spiro atoms. The van der Waals surface area contributed by atoms with Gasteiger partial charge in [0.05, 0.1) is 5.52 Å². The highest BCUT2D eigenvalue weighted by molar-refractivity contribution is 5.89. The molecule has 1 aliphatic rings. The molecule has 146 valence electrons. The van der Waals surface area contributed by atoms with Gasteiger partial charge in [-0.3, -0.25) is 4.90 Å². The Morgan fingerprint density at radius 3 is 2.57 bits per heavy atom. The van der Waals surface area contributed by atoms with Crippen molar-refractivity contribution >= 4 is 16.7 Å². The van der Waals surface area contributed by atoms with Crippen LogP contribution >= 0.6 is 0 Å². The second-order valence-corrected chi connectivity index (χ2v) is 7.41. The SMILES string of the molecule is CN(CCN1CCN(c2ncnc3ccc(F)cc23)CC1)Cc1ccccc1. The molecular formula is C22H26FN5. The molecule has 0 saturated carbocycles. The fourth-order valence-electron chi connectivity index (χ4n) is 3.74. The Morgan fingerprint density at radius 1 is 1.00 bits per heavy atom. The van der Waals surface area contributed by atoms with E-state index in [0.29, 0.717) is 0 Å². The van der Waals surface area contributed by atoms with Gasteiger partial charge in [0, 0.05) is 51.2 Å². The monoisotopic (exact) mass is 379 g/mol. The van der Waals surface area contributed by atoms with Crippen LogP contribution in [0.3, 0.4) is 0 Å². The van der Waals surface area contributed by atoms with Gasteiger partial charge in [-0.05, 0) is 30.8 Å². The van der Waals surface area contributed by atoms with Crippen molar-refractivity contribution in [3.63, 3.8) is 0 Å². The molecule has 0 bridgehead atoms. The van der Waals surface area contributed by atoms with E-state index >= 15 is 0 Å². The topological polar surface area (TPSA) is 35.5 Å². The molecule has 5 nitrogen and oxygen atoms in total. The van der Waals surface area contributed by atoms with Crippen molar-refractivity contribution in [2.45, 2.75) is 6.54 Å². The van der Waals surface area contributed by atoms with Crippen LogP contribution in [0.4, 0.5) is 10.2 Å². The van der Waals surface area contributed by atoms with E-state index in [4.69, 9.17) is 0 Å². The van der Waals surface area contributed by atoms with Crippen molar-refractivity contribution < 1.29 is 4.39 Å². The van der Waals surface area contributed by atoms with E-state index in [1.807, 2.05) is 0 Å². The van der Waals surface area contributed by atoms with Gasteiger partial charge < -0.3 is 9.80 Å². The van der Waals surface area contributed by atoms with Gasteiger partial charge >= 0.3 is 0 Å². The van der Waals surface area contributed by atoms with Gasteiger partial charge in [0.1, 0.15) is 18.0 Å². The summed E-state index contributed by atoms with van der Waals surface area (Å²) in [5.74, 6) is 0.592. The maximum absolute atomic E-state index is 13.7. The molecular weight excluding hydrogens is 353 g/mol. The molecule has 1 aliphatic heterocycles. The molecule has 4 rings (SSSR count). The maximum atomic E-state index is 13.7. The van der Waals surface area contributed by atoms with Crippen LogP contribution in [0.2, 0.25) is 0 Å². The Bertz CT molecular complexity index is 909. The van der Waals surface area contributed by atoms with Crippen molar-refractivity contribution in [1.82, 2.24) is 19.8 Å². The molecule has 0 aliphatic carbocycles. The van der Waals surface area contributed by atoms with Crippen molar-refractivity contribution in [2.24, 2.45) is 0 Å². The largest absolute Gasteiger partial charge is 0.353 e. The number of likely N-dealkylation sites (N-methyl/N-ethyl adjacent to an activating group) is 1. The standard InChI is InChI=1S/C22H26FN5/c1-26(16-18-5-3-2-4-6-18)9-10-27-11-13-28(14-12-27)22-20-15-19(23)7-8-21(20)24-17-25-22/h2-8,15,17H,9-14,16H2,1H3. The van der Waals surface area contributed by atoms with Gasteiger partial charge in [0.25, 0.3) is 0 Å². The number of benzene rings is 2. The van der Waals surface area contributed by atoms with Gasteiger partial charge in [0.2, 0.25) is 0 Å². The quantitative estimate of drug-likeness (QED) is 0.658. The van der Waals surface area contributed by atoms with Gasteiger partial charge in [-0.25, -0.2) is 14.4 Å². The highest BCUT2D eigenvalue weighted by Crippen LogP contribution is 2.24. The summed E-state index contributed by atoms with van der Waals surface area (Å²) in [5, 5.41) is 0.790. The van der Waals surface area contributed by atoms with Gasteiger partial charge in [-0.1, -0.05) is 30.3 Å². The number of fused-ring (bicyclic) bond motifs is 1. The third-order valence-corrected chi connectivity index (χ3v) is 5.34.